The maximum Gasteiger partial charge on any atom is 0.253 e. The average Bonchev–Trinajstić information content (AvgIpc) is 2.75. The van der Waals surface area contributed by atoms with Crippen LogP contribution in [0.1, 0.15) is 12.5 Å². The Bertz CT molecular complexity index is 976. The van der Waals surface area contributed by atoms with Crippen LogP contribution in [0.2, 0.25) is 5.02 Å². The van der Waals surface area contributed by atoms with Crippen molar-refractivity contribution in [2.45, 2.75) is 19.6 Å². The van der Waals surface area contributed by atoms with Crippen molar-refractivity contribution in [3.63, 3.8) is 0 Å². The van der Waals surface area contributed by atoms with Crippen LogP contribution in [-0.2, 0) is 16.1 Å². The monoisotopic (exact) mass is 411 g/mol. The van der Waals surface area contributed by atoms with E-state index in [9.17, 15) is 4.79 Å². The lowest BCUT2D eigenvalue weighted by atomic mass is 10.2. The molecule has 5 nitrogen and oxygen atoms in total. The first kappa shape index (κ1) is 20.7. The van der Waals surface area contributed by atoms with Gasteiger partial charge in [-0.3, -0.25) is 4.79 Å². The van der Waals surface area contributed by atoms with Gasteiger partial charge in [0.2, 0.25) is 0 Å². The Morgan fingerprint density at radius 3 is 2.48 bits per heavy atom. The highest BCUT2D eigenvalue weighted by molar-refractivity contribution is 6.32. The second-order valence-electron chi connectivity index (χ2n) is 6.32. The predicted molar refractivity (Wildman–Crippen MR) is 114 cm³/mol. The highest BCUT2D eigenvalue weighted by Gasteiger charge is 2.16. The summed E-state index contributed by atoms with van der Waals surface area (Å²) >= 11 is 6.16. The summed E-state index contributed by atoms with van der Waals surface area (Å²) in [6.07, 6.45) is -0.658. The minimum atomic E-state index is -0.658. The lowest BCUT2D eigenvalue weighted by Crippen LogP contribution is -2.27. The zero-order chi connectivity index (χ0) is 20.6. The fourth-order valence-electron chi connectivity index (χ4n) is 2.60. The van der Waals surface area contributed by atoms with Crippen LogP contribution in [0.4, 0.5) is 5.69 Å². The average molecular weight is 412 g/mol. The number of amides is 1. The van der Waals surface area contributed by atoms with E-state index in [1.807, 2.05) is 48.5 Å². The Labute approximate surface area is 175 Å². The fourth-order valence-corrected chi connectivity index (χ4v) is 2.77. The number of ether oxygens (including phenoxy) is 3. The van der Waals surface area contributed by atoms with Gasteiger partial charge in [-0.25, -0.2) is 0 Å². The molecule has 0 bridgehead atoms. The smallest absolute Gasteiger partial charge is 0.253 e. The van der Waals surface area contributed by atoms with Crippen molar-refractivity contribution in [2.75, 3.05) is 12.4 Å². The summed E-state index contributed by atoms with van der Waals surface area (Å²) in [4.78, 5) is 12.6. The molecule has 3 rings (SSSR count). The van der Waals surface area contributed by atoms with Crippen LogP contribution in [0.15, 0.2) is 72.8 Å². The van der Waals surface area contributed by atoms with Gasteiger partial charge in [-0.05, 0) is 48.9 Å². The van der Waals surface area contributed by atoms with E-state index in [0.717, 1.165) is 11.3 Å². The Kier molecular flexibility index (Phi) is 7.11. The lowest BCUT2D eigenvalue weighted by molar-refractivity contribution is -0.127. The van der Waals surface area contributed by atoms with Gasteiger partial charge in [0.05, 0.1) is 24.4 Å². The van der Waals surface area contributed by atoms with Crippen LogP contribution in [0.25, 0.3) is 0 Å². The second-order valence-corrected chi connectivity index (χ2v) is 6.73. The van der Waals surface area contributed by atoms with Gasteiger partial charge in [0.1, 0.15) is 17.6 Å². The van der Waals surface area contributed by atoms with Crippen molar-refractivity contribution < 1.29 is 19.0 Å². The standard InChI is InChI=1S/C23H22ClNO4/c1-16(28-15-17-8-7-9-18(14-17)27-2)23(26)25-20-11-4-6-13-22(20)29-21-12-5-3-10-19(21)24/h3-14,16H,15H2,1-2H3,(H,25,26). The molecule has 0 aromatic heterocycles. The molecule has 29 heavy (non-hydrogen) atoms. The summed E-state index contributed by atoms with van der Waals surface area (Å²) in [6, 6.07) is 21.9. The summed E-state index contributed by atoms with van der Waals surface area (Å²) in [5.74, 6) is 1.48. The van der Waals surface area contributed by atoms with Gasteiger partial charge in [-0.2, -0.15) is 0 Å². The van der Waals surface area contributed by atoms with Gasteiger partial charge in [0.25, 0.3) is 5.91 Å². The molecule has 0 saturated heterocycles. The van der Waals surface area contributed by atoms with Crippen molar-refractivity contribution in [1.29, 1.82) is 0 Å². The first-order valence-electron chi connectivity index (χ1n) is 9.13. The van der Waals surface area contributed by atoms with E-state index in [1.165, 1.54) is 0 Å². The highest BCUT2D eigenvalue weighted by Crippen LogP contribution is 2.33. The van der Waals surface area contributed by atoms with E-state index in [1.54, 1.807) is 38.3 Å². The van der Waals surface area contributed by atoms with Crippen molar-refractivity contribution >= 4 is 23.2 Å². The van der Waals surface area contributed by atoms with Crippen molar-refractivity contribution in [3.8, 4) is 17.2 Å². The van der Waals surface area contributed by atoms with Gasteiger partial charge < -0.3 is 19.5 Å². The van der Waals surface area contributed by atoms with Crippen LogP contribution in [-0.4, -0.2) is 19.1 Å². The molecule has 0 aliphatic rings. The van der Waals surface area contributed by atoms with E-state index in [2.05, 4.69) is 5.32 Å². The molecular formula is C23H22ClNO4. The molecule has 0 saturated carbocycles. The maximum absolute atomic E-state index is 12.6. The number of halogens is 1. The predicted octanol–water partition coefficient (Wildman–Crippen LogP) is 5.68. The molecule has 6 heteroatoms. The molecule has 1 amide bonds. The molecule has 0 aliphatic carbocycles. The highest BCUT2D eigenvalue weighted by atomic mass is 35.5. The molecule has 0 fully saturated rings. The normalized spacial score (nSPS) is 11.6. The number of para-hydroxylation sites is 3. The van der Waals surface area contributed by atoms with E-state index < -0.39 is 6.10 Å². The summed E-state index contributed by atoms with van der Waals surface area (Å²) in [5, 5.41) is 3.34. The van der Waals surface area contributed by atoms with Crippen LogP contribution in [0.5, 0.6) is 17.2 Å². The molecule has 3 aromatic carbocycles. The van der Waals surface area contributed by atoms with E-state index in [-0.39, 0.29) is 5.91 Å². The van der Waals surface area contributed by atoms with Gasteiger partial charge in [-0.15, -0.1) is 0 Å². The van der Waals surface area contributed by atoms with Gasteiger partial charge in [0.15, 0.2) is 5.75 Å². The minimum absolute atomic E-state index is 0.275. The molecule has 3 aromatic rings. The lowest BCUT2D eigenvalue weighted by Gasteiger charge is -2.16. The van der Waals surface area contributed by atoms with E-state index in [4.69, 9.17) is 25.8 Å². The fraction of sp³-hybridized carbons (Fsp3) is 0.174. The van der Waals surface area contributed by atoms with E-state index >= 15 is 0 Å². The molecule has 1 atom stereocenters. The second kappa shape index (κ2) is 9.96. The molecule has 0 aliphatic heterocycles. The minimum Gasteiger partial charge on any atom is -0.497 e. The molecule has 1 N–H and O–H groups in total. The third kappa shape index (κ3) is 5.73. The summed E-state index contributed by atoms with van der Waals surface area (Å²) in [6.45, 7) is 2.00. The summed E-state index contributed by atoms with van der Waals surface area (Å²) in [7, 11) is 1.61. The SMILES string of the molecule is COc1cccc(COC(C)C(=O)Nc2ccccc2Oc2ccccc2Cl)c1. The molecular weight excluding hydrogens is 390 g/mol. The molecule has 0 heterocycles. The molecule has 150 valence electrons. The zero-order valence-corrected chi connectivity index (χ0v) is 17.0. The third-order valence-corrected chi connectivity index (χ3v) is 4.52. The van der Waals surface area contributed by atoms with Crippen LogP contribution in [0, 0.1) is 0 Å². The number of carbonyl (C=O) groups excluding carboxylic acids is 1. The van der Waals surface area contributed by atoms with Crippen LogP contribution >= 0.6 is 11.6 Å². The van der Waals surface area contributed by atoms with Gasteiger partial charge in [0, 0.05) is 0 Å². The largest absolute Gasteiger partial charge is 0.497 e. The van der Waals surface area contributed by atoms with E-state index in [0.29, 0.717) is 28.8 Å². The topological polar surface area (TPSA) is 56.8 Å². The Morgan fingerprint density at radius 1 is 1.00 bits per heavy atom. The first-order valence-corrected chi connectivity index (χ1v) is 9.51. The number of hydrogen-bond acceptors (Lipinski definition) is 4. The number of benzene rings is 3. The molecule has 1 unspecified atom stereocenters. The van der Waals surface area contributed by atoms with Crippen molar-refractivity contribution in [2.24, 2.45) is 0 Å². The van der Waals surface area contributed by atoms with Gasteiger partial charge >= 0.3 is 0 Å². The number of anilines is 1. The number of hydrogen-bond donors (Lipinski definition) is 1. The Hall–Kier alpha value is -3.02. The number of methoxy groups -OCH3 is 1. The first-order chi connectivity index (χ1) is 14.1. The third-order valence-electron chi connectivity index (χ3n) is 4.20. The number of carbonyl (C=O) groups is 1. The zero-order valence-electron chi connectivity index (χ0n) is 16.2. The summed E-state index contributed by atoms with van der Waals surface area (Å²) in [5.41, 5.74) is 1.46. The Morgan fingerprint density at radius 2 is 1.72 bits per heavy atom. The van der Waals surface area contributed by atoms with Crippen molar-refractivity contribution in [1.82, 2.24) is 0 Å². The van der Waals surface area contributed by atoms with Crippen LogP contribution < -0.4 is 14.8 Å². The summed E-state index contributed by atoms with van der Waals surface area (Å²) < 4.78 is 16.8. The number of rotatable bonds is 8. The number of nitrogens with one attached hydrogen (secondary N) is 1. The molecule has 0 radical (unpaired) electrons. The Balaban J connectivity index is 1.63. The quantitative estimate of drug-likeness (QED) is 0.517. The maximum atomic E-state index is 12.6. The van der Waals surface area contributed by atoms with Gasteiger partial charge in [-0.1, -0.05) is 48.0 Å². The van der Waals surface area contributed by atoms with Crippen molar-refractivity contribution in [3.05, 3.63) is 83.4 Å². The van der Waals surface area contributed by atoms with Crippen LogP contribution in [0.3, 0.4) is 0 Å². The molecule has 0 spiro atoms.